The van der Waals surface area contributed by atoms with Gasteiger partial charge in [-0.2, -0.15) is 0 Å². The number of amides is 1. The van der Waals surface area contributed by atoms with Crippen LogP contribution >= 0.6 is 0 Å². The summed E-state index contributed by atoms with van der Waals surface area (Å²) in [6.07, 6.45) is 3.31. The molecule has 2 aromatic rings. The Bertz CT molecular complexity index is 895. The van der Waals surface area contributed by atoms with Gasteiger partial charge in [0.1, 0.15) is 11.5 Å². The number of anilines is 2. The van der Waals surface area contributed by atoms with Gasteiger partial charge in [-0.1, -0.05) is 12.1 Å². The summed E-state index contributed by atoms with van der Waals surface area (Å²) < 4.78 is 22.9. The van der Waals surface area contributed by atoms with Crippen LogP contribution in [0.2, 0.25) is 0 Å². The Morgan fingerprint density at radius 2 is 2.00 bits per heavy atom. The molecule has 1 saturated heterocycles. The highest BCUT2D eigenvalue weighted by atomic mass is 32.2. The smallest absolute Gasteiger partial charge is 0.271 e. The van der Waals surface area contributed by atoms with Gasteiger partial charge >= 0.3 is 0 Å². The maximum Gasteiger partial charge on any atom is 0.271 e. The van der Waals surface area contributed by atoms with Crippen LogP contribution in [-0.2, 0) is 9.84 Å². The minimum Gasteiger partial charge on any atom is -0.347 e. The first-order valence-electron chi connectivity index (χ1n) is 8.00. The molecule has 132 valence electrons. The fraction of sp³-hybridized carbons (Fsp3) is 0.353. The second-order valence-electron chi connectivity index (χ2n) is 6.23. The third-order valence-corrected chi connectivity index (χ3v) is 6.09. The summed E-state index contributed by atoms with van der Waals surface area (Å²) in [6, 6.07) is 5.58. The first kappa shape index (κ1) is 17.3. The molecule has 1 aliphatic heterocycles. The van der Waals surface area contributed by atoms with Crippen molar-refractivity contribution in [3.8, 4) is 0 Å². The molecule has 2 heterocycles. The topological polar surface area (TPSA) is 101 Å². The van der Waals surface area contributed by atoms with Crippen molar-refractivity contribution in [1.29, 1.82) is 0 Å². The fourth-order valence-electron chi connectivity index (χ4n) is 2.70. The molecule has 25 heavy (non-hydrogen) atoms. The van der Waals surface area contributed by atoms with Crippen LogP contribution < -0.4 is 10.6 Å². The van der Waals surface area contributed by atoms with Gasteiger partial charge in [-0.25, -0.2) is 18.4 Å². The quantitative estimate of drug-likeness (QED) is 0.861. The molecule has 0 radical (unpaired) electrons. The Morgan fingerprint density at radius 1 is 1.20 bits per heavy atom. The monoisotopic (exact) mass is 360 g/mol. The van der Waals surface area contributed by atoms with Crippen LogP contribution in [0.25, 0.3) is 0 Å². The van der Waals surface area contributed by atoms with Gasteiger partial charge in [0, 0.05) is 11.7 Å². The van der Waals surface area contributed by atoms with Crippen LogP contribution in [0.1, 0.15) is 28.0 Å². The number of carbonyl (C=O) groups is 1. The molecule has 1 fully saturated rings. The van der Waals surface area contributed by atoms with Crippen molar-refractivity contribution in [2.75, 3.05) is 16.8 Å². The van der Waals surface area contributed by atoms with Crippen molar-refractivity contribution in [3.05, 3.63) is 47.4 Å². The lowest BCUT2D eigenvalue weighted by molar-refractivity contribution is 0.0935. The second kappa shape index (κ2) is 6.79. The number of aromatic nitrogens is 2. The van der Waals surface area contributed by atoms with E-state index in [1.807, 2.05) is 32.0 Å². The normalized spacial score (nSPS) is 18.7. The van der Waals surface area contributed by atoms with E-state index in [2.05, 4.69) is 20.6 Å². The number of hydrogen-bond acceptors (Lipinski definition) is 6. The molecular formula is C17H20N4O3S. The van der Waals surface area contributed by atoms with E-state index in [0.717, 1.165) is 11.3 Å². The fourth-order valence-corrected chi connectivity index (χ4v) is 4.38. The number of sulfone groups is 1. The van der Waals surface area contributed by atoms with E-state index in [1.165, 1.54) is 18.0 Å². The molecular weight excluding hydrogens is 340 g/mol. The molecule has 1 aromatic carbocycles. The van der Waals surface area contributed by atoms with Crippen LogP contribution in [-0.4, -0.2) is 41.8 Å². The second-order valence-corrected chi connectivity index (χ2v) is 8.46. The molecule has 8 heteroatoms. The number of aryl methyl sites for hydroxylation is 1. The average molecular weight is 360 g/mol. The predicted octanol–water partition coefficient (Wildman–Crippen LogP) is 1.75. The molecule has 1 amide bonds. The van der Waals surface area contributed by atoms with Crippen LogP contribution in [0.3, 0.4) is 0 Å². The summed E-state index contributed by atoms with van der Waals surface area (Å²) >= 11 is 0. The van der Waals surface area contributed by atoms with E-state index >= 15 is 0 Å². The standard InChI is InChI=1S/C17H20N4O3S/c1-11-4-3-5-14(12(11)2)21-16-9-18-15(8-19-16)17(22)20-13-6-7-25(23,24)10-13/h3-5,8-9,13H,6-7,10H2,1-2H3,(H,19,21)(H,20,22). The summed E-state index contributed by atoms with van der Waals surface area (Å²) in [5.41, 5.74) is 3.38. The number of nitrogens with zero attached hydrogens (tertiary/aromatic N) is 2. The van der Waals surface area contributed by atoms with Crippen LogP contribution in [0, 0.1) is 13.8 Å². The first-order chi connectivity index (χ1) is 11.8. The van der Waals surface area contributed by atoms with E-state index in [-0.39, 0.29) is 23.2 Å². The summed E-state index contributed by atoms with van der Waals surface area (Å²) in [4.78, 5) is 20.5. The summed E-state index contributed by atoms with van der Waals surface area (Å²) in [7, 11) is -3.03. The molecule has 2 N–H and O–H groups in total. The van der Waals surface area contributed by atoms with Crippen molar-refractivity contribution in [2.45, 2.75) is 26.3 Å². The number of carbonyl (C=O) groups excluding carboxylic acids is 1. The molecule has 0 aliphatic carbocycles. The van der Waals surface area contributed by atoms with E-state index in [9.17, 15) is 13.2 Å². The zero-order chi connectivity index (χ0) is 18.0. The Balaban J connectivity index is 1.66. The van der Waals surface area contributed by atoms with E-state index < -0.39 is 15.7 Å². The van der Waals surface area contributed by atoms with Crippen molar-refractivity contribution in [3.63, 3.8) is 0 Å². The number of benzene rings is 1. The van der Waals surface area contributed by atoms with Crippen molar-refractivity contribution in [2.24, 2.45) is 0 Å². The largest absolute Gasteiger partial charge is 0.347 e. The predicted molar refractivity (Wildman–Crippen MR) is 95.8 cm³/mol. The van der Waals surface area contributed by atoms with Gasteiger partial charge < -0.3 is 10.6 Å². The molecule has 1 aromatic heterocycles. The van der Waals surface area contributed by atoms with E-state index in [4.69, 9.17) is 0 Å². The zero-order valence-corrected chi connectivity index (χ0v) is 14.9. The highest BCUT2D eigenvalue weighted by Crippen LogP contribution is 2.21. The van der Waals surface area contributed by atoms with Gasteiger partial charge in [-0.15, -0.1) is 0 Å². The van der Waals surface area contributed by atoms with Gasteiger partial charge in [0.25, 0.3) is 5.91 Å². The Labute approximate surface area is 146 Å². The van der Waals surface area contributed by atoms with Crippen molar-refractivity contribution < 1.29 is 13.2 Å². The average Bonchev–Trinajstić information content (AvgIpc) is 2.91. The molecule has 0 saturated carbocycles. The first-order valence-corrected chi connectivity index (χ1v) is 9.83. The third-order valence-electron chi connectivity index (χ3n) is 4.32. The van der Waals surface area contributed by atoms with Crippen LogP contribution in [0.5, 0.6) is 0 Å². The zero-order valence-electron chi connectivity index (χ0n) is 14.1. The van der Waals surface area contributed by atoms with E-state index in [0.29, 0.717) is 12.2 Å². The van der Waals surface area contributed by atoms with Gasteiger partial charge in [0.15, 0.2) is 9.84 Å². The van der Waals surface area contributed by atoms with E-state index in [1.54, 1.807) is 0 Å². The van der Waals surface area contributed by atoms with Gasteiger partial charge in [-0.3, -0.25) is 4.79 Å². The Hall–Kier alpha value is -2.48. The minimum atomic E-state index is -3.03. The SMILES string of the molecule is Cc1cccc(Nc2cnc(C(=O)NC3CCS(=O)(=O)C3)cn2)c1C. The van der Waals surface area contributed by atoms with Crippen LogP contribution in [0.15, 0.2) is 30.6 Å². The summed E-state index contributed by atoms with van der Waals surface area (Å²) in [5, 5.41) is 5.87. The lowest BCUT2D eigenvalue weighted by atomic mass is 10.1. The third kappa shape index (κ3) is 4.14. The Morgan fingerprint density at radius 3 is 2.64 bits per heavy atom. The van der Waals surface area contributed by atoms with Gasteiger partial charge in [-0.05, 0) is 37.5 Å². The maximum atomic E-state index is 12.2. The number of hydrogen-bond donors (Lipinski definition) is 2. The lowest BCUT2D eigenvalue weighted by Gasteiger charge is -2.12. The summed E-state index contributed by atoms with van der Waals surface area (Å²) in [5.74, 6) is 0.224. The molecule has 1 aliphatic rings. The number of nitrogens with one attached hydrogen (secondary N) is 2. The molecule has 3 rings (SSSR count). The molecule has 1 atom stereocenters. The Kier molecular flexibility index (Phi) is 4.71. The lowest BCUT2D eigenvalue weighted by Crippen LogP contribution is -2.36. The maximum absolute atomic E-state index is 12.2. The molecule has 7 nitrogen and oxygen atoms in total. The minimum absolute atomic E-state index is 0.0154. The molecule has 0 bridgehead atoms. The molecule has 0 spiro atoms. The van der Waals surface area contributed by atoms with Gasteiger partial charge in [0.2, 0.25) is 0 Å². The van der Waals surface area contributed by atoms with Crippen molar-refractivity contribution >= 4 is 27.2 Å². The number of rotatable bonds is 4. The molecule has 1 unspecified atom stereocenters. The van der Waals surface area contributed by atoms with Gasteiger partial charge in [0.05, 0.1) is 23.9 Å². The summed E-state index contributed by atoms with van der Waals surface area (Å²) in [6.45, 7) is 4.05. The highest BCUT2D eigenvalue weighted by molar-refractivity contribution is 7.91. The van der Waals surface area contributed by atoms with Crippen molar-refractivity contribution in [1.82, 2.24) is 15.3 Å². The van der Waals surface area contributed by atoms with Crippen LogP contribution in [0.4, 0.5) is 11.5 Å². The highest BCUT2D eigenvalue weighted by Gasteiger charge is 2.29.